The Hall–Kier alpha value is -2.16. The summed E-state index contributed by atoms with van der Waals surface area (Å²) in [7, 11) is -4.11. The number of imidazole rings is 1. The van der Waals surface area contributed by atoms with Gasteiger partial charge in [-0.2, -0.15) is 8.42 Å². The number of hydrogen-bond acceptors (Lipinski definition) is 4. The minimum absolute atomic E-state index is 0.0256. The third kappa shape index (κ3) is 2.54. The normalized spacial score (nSPS) is 14.7. The fourth-order valence-electron chi connectivity index (χ4n) is 2.32. The second-order valence-electron chi connectivity index (χ2n) is 5.39. The molecule has 2 aromatic rings. The highest BCUT2D eigenvalue weighted by atomic mass is 32.2. The van der Waals surface area contributed by atoms with Gasteiger partial charge in [0.15, 0.2) is 22.4 Å². The number of benzene rings is 1. The Morgan fingerprint density at radius 1 is 1.26 bits per heavy atom. The summed E-state index contributed by atoms with van der Waals surface area (Å²) in [5, 5.41) is -0.220. The largest absolute Gasteiger partial charge is 0.486 e. The van der Waals surface area contributed by atoms with Gasteiger partial charge in [0.25, 0.3) is 10.0 Å². The molecule has 6 nitrogen and oxygen atoms in total. The molecule has 0 amide bonds. The van der Waals surface area contributed by atoms with Gasteiger partial charge in [0.05, 0.1) is 12.9 Å². The van der Waals surface area contributed by atoms with Crippen LogP contribution in [0.5, 0.6) is 5.75 Å². The molecule has 3 rings (SSSR count). The Balaban J connectivity index is 2.11. The van der Waals surface area contributed by atoms with Crippen molar-refractivity contribution in [3.05, 3.63) is 36.3 Å². The van der Waals surface area contributed by atoms with Crippen molar-refractivity contribution in [2.24, 2.45) is 0 Å². The minimum atomic E-state index is -4.11. The van der Waals surface area contributed by atoms with Gasteiger partial charge < -0.3 is 9.30 Å². The molecule has 0 atom stereocenters. The number of hydrogen-bond donors (Lipinski definition) is 0. The van der Waals surface area contributed by atoms with Crippen molar-refractivity contribution in [3.8, 4) is 5.75 Å². The SMILES string of the molecule is CC(C)n1cnc(S(=O)(=O)N2CCOc3c(F)ccc(F)c32)c1. The Kier molecular flexibility index (Phi) is 3.75. The maximum Gasteiger partial charge on any atom is 0.283 e. The number of rotatable bonds is 3. The maximum absolute atomic E-state index is 14.1. The first-order valence-corrected chi connectivity index (χ1v) is 8.43. The highest BCUT2D eigenvalue weighted by Gasteiger charge is 2.35. The van der Waals surface area contributed by atoms with Crippen LogP contribution in [0.3, 0.4) is 0 Å². The zero-order chi connectivity index (χ0) is 16.8. The van der Waals surface area contributed by atoms with Crippen molar-refractivity contribution >= 4 is 15.7 Å². The van der Waals surface area contributed by atoms with Crippen LogP contribution in [0, 0.1) is 11.6 Å². The lowest BCUT2D eigenvalue weighted by Gasteiger charge is -2.30. The Morgan fingerprint density at radius 2 is 1.96 bits per heavy atom. The lowest BCUT2D eigenvalue weighted by atomic mass is 10.2. The zero-order valence-corrected chi connectivity index (χ0v) is 13.3. The molecule has 23 heavy (non-hydrogen) atoms. The summed E-state index contributed by atoms with van der Waals surface area (Å²) in [5.74, 6) is -2.08. The molecular weight excluding hydrogens is 328 g/mol. The Bertz CT molecular complexity index is 849. The van der Waals surface area contributed by atoms with Crippen LogP contribution in [0.2, 0.25) is 0 Å². The van der Waals surface area contributed by atoms with Gasteiger partial charge in [0, 0.05) is 12.2 Å². The topological polar surface area (TPSA) is 64.4 Å². The van der Waals surface area contributed by atoms with Crippen LogP contribution in [-0.4, -0.2) is 31.1 Å². The smallest absolute Gasteiger partial charge is 0.283 e. The van der Waals surface area contributed by atoms with E-state index >= 15 is 0 Å². The van der Waals surface area contributed by atoms with Gasteiger partial charge >= 0.3 is 0 Å². The molecule has 0 saturated carbocycles. The van der Waals surface area contributed by atoms with Crippen LogP contribution in [0.4, 0.5) is 14.5 Å². The molecule has 0 N–H and O–H groups in total. The van der Waals surface area contributed by atoms with E-state index in [9.17, 15) is 17.2 Å². The molecule has 1 aliphatic rings. The van der Waals surface area contributed by atoms with E-state index in [4.69, 9.17) is 4.74 Å². The number of anilines is 1. The van der Waals surface area contributed by atoms with Crippen molar-refractivity contribution < 1.29 is 21.9 Å². The van der Waals surface area contributed by atoms with E-state index in [1.165, 1.54) is 12.5 Å². The van der Waals surface area contributed by atoms with Crippen molar-refractivity contribution in [2.45, 2.75) is 24.9 Å². The van der Waals surface area contributed by atoms with Crippen molar-refractivity contribution in [1.29, 1.82) is 0 Å². The van der Waals surface area contributed by atoms with Gasteiger partial charge in [0.1, 0.15) is 12.3 Å². The molecule has 9 heteroatoms. The molecular formula is C14H15F2N3O3S. The fourth-order valence-corrected chi connectivity index (χ4v) is 3.71. The maximum atomic E-state index is 14.1. The lowest BCUT2D eigenvalue weighted by molar-refractivity contribution is 0.296. The van der Waals surface area contributed by atoms with Crippen LogP contribution < -0.4 is 9.04 Å². The average Bonchev–Trinajstić information content (AvgIpc) is 3.01. The minimum Gasteiger partial charge on any atom is -0.486 e. The van der Waals surface area contributed by atoms with Gasteiger partial charge in [-0.3, -0.25) is 4.31 Å². The fraction of sp³-hybridized carbons (Fsp3) is 0.357. The van der Waals surface area contributed by atoms with Crippen LogP contribution in [0.1, 0.15) is 19.9 Å². The van der Waals surface area contributed by atoms with Crippen molar-refractivity contribution in [2.75, 3.05) is 17.5 Å². The van der Waals surface area contributed by atoms with E-state index in [0.717, 1.165) is 16.4 Å². The third-order valence-electron chi connectivity index (χ3n) is 3.55. The first kappa shape index (κ1) is 15.7. The Morgan fingerprint density at radius 3 is 2.61 bits per heavy atom. The summed E-state index contributed by atoms with van der Waals surface area (Å²) in [6.45, 7) is 3.55. The van der Waals surface area contributed by atoms with Crippen LogP contribution in [0.25, 0.3) is 0 Å². The molecule has 1 aliphatic heterocycles. The van der Waals surface area contributed by atoms with E-state index in [-0.39, 0.29) is 24.2 Å². The molecule has 2 heterocycles. The van der Waals surface area contributed by atoms with E-state index < -0.39 is 33.1 Å². The second kappa shape index (κ2) is 5.48. The molecule has 0 aliphatic carbocycles. The average molecular weight is 343 g/mol. The van der Waals surface area contributed by atoms with Crippen molar-refractivity contribution in [3.63, 3.8) is 0 Å². The highest BCUT2D eigenvalue weighted by Crippen LogP contribution is 2.39. The highest BCUT2D eigenvalue weighted by molar-refractivity contribution is 7.92. The molecule has 0 spiro atoms. The summed E-state index contributed by atoms with van der Waals surface area (Å²) in [5.41, 5.74) is -0.421. The summed E-state index contributed by atoms with van der Waals surface area (Å²) >= 11 is 0. The first-order valence-electron chi connectivity index (χ1n) is 6.99. The summed E-state index contributed by atoms with van der Waals surface area (Å²) in [6.07, 6.45) is 2.76. The number of halogens is 2. The van der Waals surface area contributed by atoms with Crippen LogP contribution >= 0.6 is 0 Å². The summed E-state index contributed by atoms with van der Waals surface area (Å²) < 4.78 is 60.9. The zero-order valence-electron chi connectivity index (χ0n) is 12.5. The van der Waals surface area contributed by atoms with Crippen LogP contribution in [0.15, 0.2) is 29.7 Å². The first-order chi connectivity index (χ1) is 10.8. The molecule has 0 bridgehead atoms. The number of fused-ring (bicyclic) bond motifs is 1. The molecule has 1 aromatic carbocycles. The number of sulfonamides is 1. The molecule has 0 fully saturated rings. The molecule has 0 saturated heterocycles. The number of ether oxygens (including phenoxy) is 1. The summed E-state index contributed by atoms with van der Waals surface area (Å²) in [6, 6.07) is 1.80. The van der Waals surface area contributed by atoms with E-state index in [1.807, 2.05) is 13.8 Å². The van der Waals surface area contributed by atoms with Gasteiger partial charge in [-0.1, -0.05) is 0 Å². The van der Waals surface area contributed by atoms with Gasteiger partial charge in [-0.05, 0) is 26.0 Å². The van der Waals surface area contributed by atoms with E-state index in [2.05, 4.69) is 4.98 Å². The quantitative estimate of drug-likeness (QED) is 0.858. The second-order valence-corrected chi connectivity index (χ2v) is 7.19. The van der Waals surface area contributed by atoms with Gasteiger partial charge in [0.2, 0.25) is 0 Å². The molecule has 1 aromatic heterocycles. The monoisotopic (exact) mass is 343 g/mol. The number of nitrogens with zero attached hydrogens (tertiary/aromatic N) is 3. The van der Waals surface area contributed by atoms with Gasteiger partial charge in [-0.15, -0.1) is 0 Å². The predicted octanol–water partition coefficient (Wildman–Crippen LogP) is 2.33. The Labute approximate surface area is 132 Å². The standard InChI is InChI=1S/C14H15F2N3O3S/c1-9(2)18-7-12(17-8-18)23(20,21)19-5-6-22-14-11(16)4-3-10(15)13(14)19/h3-4,7-9H,5-6H2,1-2H3. The number of aromatic nitrogens is 2. The van der Waals surface area contributed by atoms with E-state index in [0.29, 0.717) is 0 Å². The molecule has 0 unspecified atom stereocenters. The molecule has 124 valence electrons. The predicted molar refractivity (Wildman–Crippen MR) is 79.0 cm³/mol. The lowest BCUT2D eigenvalue weighted by Crippen LogP contribution is -2.39. The summed E-state index contributed by atoms with van der Waals surface area (Å²) in [4.78, 5) is 3.89. The third-order valence-corrected chi connectivity index (χ3v) is 5.24. The van der Waals surface area contributed by atoms with E-state index in [1.54, 1.807) is 4.57 Å². The van der Waals surface area contributed by atoms with Crippen molar-refractivity contribution in [1.82, 2.24) is 9.55 Å². The molecule has 0 radical (unpaired) electrons. The van der Waals surface area contributed by atoms with Gasteiger partial charge in [-0.25, -0.2) is 13.8 Å². The van der Waals surface area contributed by atoms with Crippen LogP contribution in [-0.2, 0) is 10.0 Å².